The number of nitrogens with zero attached hydrogens (tertiary/aromatic N) is 2. The first-order chi connectivity index (χ1) is 12.5. The van der Waals surface area contributed by atoms with E-state index in [2.05, 4.69) is 13.8 Å². The average molecular weight is 464 g/mol. The lowest BCUT2D eigenvalue weighted by molar-refractivity contribution is -0.917. The predicted molar refractivity (Wildman–Crippen MR) is 92.1 cm³/mol. The van der Waals surface area contributed by atoms with E-state index in [0.29, 0.717) is 0 Å². The number of unbranched alkanes of at least 4 members (excludes halogenated alkanes) is 2. The summed E-state index contributed by atoms with van der Waals surface area (Å²) in [5.74, 6) is 0. The van der Waals surface area contributed by atoms with Crippen LogP contribution in [0.3, 0.4) is 0 Å². The average Bonchev–Trinajstić information content (AvgIpc) is 2.98. The molecule has 1 fully saturated rings. The third kappa shape index (κ3) is 8.41. The SMILES string of the molecule is CCCC[N+]1(CCCC)CCCC1.O=S(=O)([N-]S(=O)(=O)C(F)(F)F)C(F)(F)F. The number of rotatable bonds is 8. The highest BCUT2D eigenvalue weighted by Gasteiger charge is 2.46. The van der Waals surface area contributed by atoms with E-state index in [4.69, 9.17) is 0 Å². The van der Waals surface area contributed by atoms with E-state index in [-0.39, 0.29) is 0 Å². The maximum atomic E-state index is 11.4. The molecule has 1 rings (SSSR count). The smallest absolute Gasteiger partial charge is 0.421 e. The Morgan fingerprint density at radius 3 is 1.32 bits per heavy atom. The number of halogens is 6. The van der Waals surface area contributed by atoms with Crippen LogP contribution in [0, 0.1) is 0 Å². The zero-order valence-electron chi connectivity index (χ0n) is 15.7. The van der Waals surface area contributed by atoms with Crippen molar-refractivity contribution in [2.24, 2.45) is 0 Å². The minimum Gasteiger partial charge on any atom is -0.421 e. The molecular weight excluding hydrogens is 438 g/mol. The van der Waals surface area contributed by atoms with Crippen LogP contribution < -0.4 is 0 Å². The van der Waals surface area contributed by atoms with Crippen LogP contribution in [0.25, 0.3) is 4.13 Å². The molecule has 0 unspecified atom stereocenters. The molecule has 170 valence electrons. The first kappa shape index (κ1) is 27.4. The molecule has 1 saturated heterocycles. The minimum absolute atomic E-state index is 0.778. The quantitative estimate of drug-likeness (QED) is 0.397. The number of alkyl halides is 6. The Kier molecular flexibility index (Phi) is 10.2. The summed E-state index contributed by atoms with van der Waals surface area (Å²) in [6.45, 7) is 10.5. The van der Waals surface area contributed by atoms with Crippen LogP contribution in [0.5, 0.6) is 0 Å². The van der Waals surface area contributed by atoms with E-state index in [1.165, 1.54) is 69.2 Å². The van der Waals surface area contributed by atoms with Crippen molar-refractivity contribution in [3.8, 4) is 0 Å². The van der Waals surface area contributed by atoms with E-state index >= 15 is 0 Å². The van der Waals surface area contributed by atoms with E-state index in [1.54, 1.807) is 0 Å². The van der Waals surface area contributed by atoms with Crippen LogP contribution in [0.2, 0.25) is 0 Å². The van der Waals surface area contributed by atoms with Crippen molar-refractivity contribution >= 4 is 20.0 Å². The van der Waals surface area contributed by atoms with Crippen LogP contribution in [-0.2, 0) is 20.0 Å². The molecule has 0 spiro atoms. The first-order valence-corrected chi connectivity index (χ1v) is 11.6. The second kappa shape index (κ2) is 10.4. The van der Waals surface area contributed by atoms with E-state index in [9.17, 15) is 43.2 Å². The molecule has 6 nitrogen and oxygen atoms in total. The Labute approximate surface area is 162 Å². The van der Waals surface area contributed by atoms with Crippen LogP contribution in [0.4, 0.5) is 26.3 Å². The molecular formula is C14H26F6N2O4S2. The summed E-state index contributed by atoms with van der Waals surface area (Å²) < 4.78 is 111. The molecule has 1 aliphatic heterocycles. The fraction of sp³-hybridized carbons (Fsp3) is 1.00. The molecule has 0 saturated carbocycles. The summed E-state index contributed by atoms with van der Waals surface area (Å²) in [5, 5.41) is 0. The summed E-state index contributed by atoms with van der Waals surface area (Å²) in [6, 6.07) is 0. The normalized spacial score (nSPS) is 17.9. The third-order valence-corrected chi connectivity index (χ3v) is 7.01. The van der Waals surface area contributed by atoms with Gasteiger partial charge >= 0.3 is 11.0 Å². The molecule has 0 aromatic heterocycles. The van der Waals surface area contributed by atoms with Gasteiger partial charge in [-0.25, -0.2) is 16.8 Å². The van der Waals surface area contributed by atoms with Crippen LogP contribution in [-0.4, -0.2) is 58.5 Å². The molecule has 0 aromatic rings. The summed E-state index contributed by atoms with van der Waals surface area (Å²) in [4.78, 5) is 0. The highest BCUT2D eigenvalue weighted by atomic mass is 32.3. The van der Waals surface area contributed by atoms with Gasteiger partial charge in [0.1, 0.15) is 0 Å². The van der Waals surface area contributed by atoms with E-state index in [0.717, 1.165) is 4.13 Å². The van der Waals surface area contributed by atoms with Crippen molar-refractivity contribution in [2.75, 3.05) is 26.2 Å². The highest BCUT2D eigenvalue weighted by Crippen LogP contribution is 2.36. The number of sulfonamides is 2. The molecule has 28 heavy (non-hydrogen) atoms. The maximum Gasteiger partial charge on any atom is 0.480 e. The largest absolute Gasteiger partial charge is 0.480 e. The second-order valence-corrected chi connectivity index (χ2v) is 9.99. The van der Waals surface area contributed by atoms with Gasteiger partial charge in [0.05, 0.1) is 26.2 Å². The molecule has 0 amide bonds. The zero-order chi connectivity index (χ0) is 22.3. The van der Waals surface area contributed by atoms with Gasteiger partial charge in [-0.15, -0.1) is 0 Å². The number of hydrogen-bond acceptors (Lipinski definition) is 4. The van der Waals surface area contributed by atoms with Crippen molar-refractivity contribution in [2.45, 2.75) is 63.4 Å². The van der Waals surface area contributed by atoms with Crippen LogP contribution in [0.1, 0.15) is 52.4 Å². The molecule has 1 aliphatic rings. The molecule has 14 heteroatoms. The Bertz CT molecular complexity index is 617. The van der Waals surface area contributed by atoms with Gasteiger partial charge in [0, 0.05) is 12.8 Å². The number of likely N-dealkylation sites (tertiary alicyclic amines) is 1. The number of hydrogen-bond donors (Lipinski definition) is 0. The molecule has 1 heterocycles. The summed E-state index contributed by atoms with van der Waals surface area (Å²) in [6.07, 6.45) is 8.56. The minimum atomic E-state index is -6.72. The van der Waals surface area contributed by atoms with Gasteiger partial charge in [0.25, 0.3) is 0 Å². The molecule has 0 aromatic carbocycles. The predicted octanol–water partition coefficient (Wildman–Crippen LogP) is 4.26. The Morgan fingerprint density at radius 2 is 1.07 bits per heavy atom. The molecule has 0 bridgehead atoms. The Morgan fingerprint density at radius 1 is 0.750 bits per heavy atom. The van der Waals surface area contributed by atoms with Gasteiger partial charge in [0.2, 0.25) is 0 Å². The summed E-state index contributed by atoms with van der Waals surface area (Å²) >= 11 is 0. The number of quaternary nitrogens is 1. The van der Waals surface area contributed by atoms with E-state index in [1.807, 2.05) is 0 Å². The molecule has 0 aliphatic carbocycles. The van der Waals surface area contributed by atoms with Crippen LogP contribution >= 0.6 is 0 Å². The fourth-order valence-corrected chi connectivity index (χ4v) is 4.48. The summed E-state index contributed by atoms with van der Waals surface area (Å²) in [7, 11) is -13.4. The summed E-state index contributed by atoms with van der Waals surface area (Å²) in [5.41, 5.74) is -12.4. The monoisotopic (exact) mass is 464 g/mol. The second-order valence-electron chi connectivity index (χ2n) is 6.57. The van der Waals surface area contributed by atoms with Gasteiger partial charge in [-0.3, -0.25) is 0 Å². The van der Waals surface area contributed by atoms with Crippen molar-refractivity contribution < 1.29 is 47.7 Å². The molecule has 0 atom stereocenters. The topological polar surface area (TPSA) is 82.4 Å². The van der Waals surface area contributed by atoms with Crippen molar-refractivity contribution in [1.29, 1.82) is 0 Å². The lowest BCUT2D eigenvalue weighted by Gasteiger charge is -2.34. The van der Waals surface area contributed by atoms with Gasteiger partial charge in [0.15, 0.2) is 20.0 Å². The van der Waals surface area contributed by atoms with Crippen LogP contribution in [0.15, 0.2) is 0 Å². The Hall–Kier alpha value is -0.600. The van der Waals surface area contributed by atoms with Gasteiger partial charge in [-0.2, -0.15) is 26.3 Å². The maximum absolute atomic E-state index is 11.4. The van der Waals surface area contributed by atoms with Crippen molar-refractivity contribution in [1.82, 2.24) is 0 Å². The Balaban J connectivity index is 0.000000525. The lowest BCUT2D eigenvalue weighted by atomic mass is 10.2. The standard InChI is InChI=1S/C12H26N.C2F6NO4S2/c1-3-5-9-13(10-6-4-2)11-7-8-12-13;3-1(4,5)14(10,11)9-15(12,13)2(6,7)8/h3-12H2,1-2H3;/q+1;-1. The van der Waals surface area contributed by atoms with Crippen molar-refractivity contribution in [3.63, 3.8) is 0 Å². The van der Waals surface area contributed by atoms with Gasteiger partial charge in [-0.1, -0.05) is 26.7 Å². The highest BCUT2D eigenvalue weighted by molar-refractivity contribution is 8.13. The van der Waals surface area contributed by atoms with E-state index < -0.39 is 31.1 Å². The van der Waals surface area contributed by atoms with Gasteiger partial charge in [-0.05, 0) is 12.8 Å². The lowest BCUT2D eigenvalue weighted by Crippen LogP contribution is -2.46. The fourth-order valence-electron chi connectivity index (χ4n) is 2.77. The molecule has 0 radical (unpaired) electrons. The first-order valence-electron chi connectivity index (χ1n) is 8.75. The van der Waals surface area contributed by atoms with Crippen molar-refractivity contribution in [3.05, 3.63) is 4.13 Å². The third-order valence-electron chi connectivity index (χ3n) is 4.27. The zero-order valence-corrected chi connectivity index (χ0v) is 17.3. The molecule has 0 N–H and O–H groups in total. The van der Waals surface area contributed by atoms with Gasteiger partial charge < -0.3 is 8.61 Å².